The molecule has 0 aromatic carbocycles. The Bertz CT molecular complexity index is 414. The van der Waals surface area contributed by atoms with Gasteiger partial charge in [0.2, 0.25) is 12.1 Å². The van der Waals surface area contributed by atoms with Crippen molar-refractivity contribution in [2.45, 2.75) is 38.8 Å². The third-order valence-corrected chi connectivity index (χ3v) is 4.67. The maximum atomic E-state index is 10.6. The van der Waals surface area contributed by atoms with Gasteiger partial charge in [-0.3, -0.25) is 30.0 Å². The molecule has 10 heteroatoms. The first kappa shape index (κ1) is 22.7. The first-order valence-corrected chi connectivity index (χ1v) is 9.31. The highest BCUT2D eigenvalue weighted by Gasteiger charge is 2.22. The van der Waals surface area contributed by atoms with E-state index in [4.69, 9.17) is 9.47 Å². The smallest absolute Gasteiger partial charge is 0.225 e. The van der Waals surface area contributed by atoms with Gasteiger partial charge >= 0.3 is 0 Å². The van der Waals surface area contributed by atoms with Crippen molar-refractivity contribution in [2.24, 2.45) is 0 Å². The van der Waals surface area contributed by atoms with Crippen molar-refractivity contribution >= 4 is 0 Å². The molecule has 152 valence electrons. The van der Waals surface area contributed by atoms with Crippen LogP contribution in [0.4, 0.5) is 0 Å². The summed E-state index contributed by atoms with van der Waals surface area (Å²) in [5, 5.41) is 20.9. The van der Waals surface area contributed by atoms with Crippen LogP contribution in [-0.2, 0) is 9.47 Å². The van der Waals surface area contributed by atoms with E-state index in [1.807, 2.05) is 6.92 Å². The molecule has 2 aliphatic rings. The maximum Gasteiger partial charge on any atom is 0.225 e. The Kier molecular flexibility index (Phi) is 11.3. The predicted octanol–water partition coefficient (Wildman–Crippen LogP) is 0.748. The van der Waals surface area contributed by atoms with Crippen molar-refractivity contribution < 1.29 is 19.3 Å². The van der Waals surface area contributed by atoms with E-state index in [1.54, 1.807) is 6.92 Å². The average molecular weight is 376 g/mol. The molecule has 0 bridgehead atoms. The zero-order valence-electron chi connectivity index (χ0n) is 15.9. The number of ether oxygens (including phenoxy) is 2. The normalized spacial score (nSPS) is 21.3. The lowest BCUT2D eigenvalue weighted by atomic mass is 10.2. The van der Waals surface area contributed by atoms with E-state index in [0.29, 0.717) is 32.6 Å². The van der Waals surface area contributed by atoms with Crippen LogP contribution in [0.5, 0.6) is 0 Å². The summed E-state index contributed by atoms with van der Waals surface area (Å²) in [6.07, 6.45) is 1.23. The number of nitrogens with zero attached hydrogens (tertiary/aromatic N) is 4. The van der Waals surface area contributed by atoms with Crippen LogP contribution in [0.3, 0.4) is 0 Å². The van der Waals surface area contributed by atoms with Gasteiger partial charge in [-0.05, 0) is 0 Å². The molecule has 2 fully saturated rings. The molecule has 2 saturated heterocycles. The lowest BCUT2D eigenvalue weighted by molar-refractivity contribution is -0.523. The fourth-order valence-corrected chi connectivity index (χ4v) is 2.73. The number of rotatable bonds is 8. The van der Waals surface area contributed by atoms with E-state index >= 15 is 0 Å². The average Bonchev–Trinajstić information content (AvgIpc) is 2.66. The first-order chi connectivity index (χ1) is 12.4. The third kappa shape index (κ3) is 9.37. The summed E-state index contributed by atoms with van der Waals surface area (Å²) in [6.45, 7) is 11.3. The number of morpholine rings is 2. The molecule has 0 aliphatic carbocycles. The molecule has 0 radical (unpaired) electrons. The van der Waals surface area contributed by atoms with Crippen LogP contribution >= 0.6 is 0 Å². The van der Waals surface area contributed by atoms with Gasteiger partial charge < -0.3 is 9.47 Å². The Morgan fingerprint density at radius 2 is 1.42 bits per heavy atom. The van der Waals surface area contributed by atoms with Gasteiger partial charge in [-0.2, -0.15) is 0 Å². The Morgan fingerprint density at radius 3 is 1.85 bits per heavy atom. The molecule has 2 atom stereocenters. The highest BCUT2D eigenvalue weighted by Crippen LogP contribution is 2.04. The largest absolute Gasteiger partial charge is 0.379 e. The number of nitro groups is 2. The van der Waals surface area contributed by atoms with Crippen molar-refractivity contribution in [1.82, 2.24) is 9.80 Å². The minimum absolute atomic E-state index is 0.185. The summed E-state index contributed by atoms with van der Waals surface area (Å²) in [7, 11) is 0. The fourth-order valence-electron chi connectivity index (χ4n) is 2.73. The first-order valence-electron chi connectivity index (χ1n) is 9.31. The molecular weight excluding hydrogens is 344 g/mol. The second-order valence-electron chi connectivity index (χ2n) is 6.64. The second-order valence-corrected chi connectivity index (χ2v) is 6.64. The van der Waals surface area contributed by atoms with E-state index in [0.717, 1.165) is 45.9 Å². The minimum atomic E-state index is -0.428. The SMILES string of the molecule is CC(CCN1CCOCC1)[N+](=O)[O-].CCC(CN1CCOCC1)[N+](=O)[O-]. The van der Waals surface area contributed by atoms with Gasteiger partial charge in [0.05, 0.1) is 33.0 Å². The molecule has 2 rings (SSSR count). The molecule has 0 saturated carbocycles. The van der Waals surface area contributed by atoms with Crippen molar-refractivity contribution in [1.29, 1.82) is 0 Å². The van der Waals surface area contributed by atoms with Crippen LogP contribution in [0.2, 0.25) is 0 Å². The van der Waals surface area contributed by atoms with E-state index < -0.39 is 12.1 Å². The second kappa shape index (κ2) is 12.9. The van der Waals surface area contributed by atoms with E-state index in [1.165, 1.54) is 0 Å². The summed E-state index contributed by atoms with van der Waals surface area (Å²) >= 11 is 0. The third-order valence-electron chi connectivity index (χ3n) is 4.67. The van der Waals surface area contributed by atoms with Gasteiger partial charge in [0.1, 0.15) is 0 Å². The Morgan fingerprint density at radius 1 is 0.923 bits per heavy atom. The Balaban J connectivity index is 0.000000260. The van der Waals surface area contributed by atoms with Crippen LogP contribution in [0, 0.1) is 20.2 Å². The van der Waals surface area contributed by atoms with Crippen molar-refractivity contribution in [3.8, 4) is 0 Å². The highest BCUT2D eigenvalue weighted by atomic mass is 16.6. The molecule has 0 aromatic heterocycles. The van der Waals surface area contributed by atoms with Crippen LogP contribution in [0.25, 0.3) is 0 Å². The van der Waals surface area contributed by atoms with E-state index in [2.05, 4.69) is 9.80 Å². The number of hydrogen-bond donors (Lipinski definition) is 0. The van der Waals surface area contributed by atoms with Gasteiger partial charge in [0.15, 0.2) is 0 Å². The topological polar surface area (TPSA) is 111 Å². The fraction of sp³-hybridized carbons (Fsp3) is 1.00. The van der Waals surface area contributed by atoms with Crippen LogP contribution in [0.1, 0.15) is 26.7 Å². The molecule has 0 N–H and O–H groups in total. The quantitative estimate of drug-likeness (QED) is 0.451. The molecule has 26 heavy (non-hydrogen) atoms. The van der Waals surface area contributed by atoms with Crippen molar-refractivity contribution in [3.05, 3.63) is 20.2 Å². The summed E-state index contributed by atoms with van der Waals surface area (Å²) in [5.41, 5.74) is 0. The summed E-state index contributed by atoms with van der Waals surface area (Å²) < 4.78 is 10.3. The Hall–Kier alpha value is -1.36. The molecule has 2 heterocycles. The van der Waals surface area contributed by atoms with Crippen LogP contribution < -0.4 is 0 Å². The van der Waals surface area contributed by atoms with Gasteiger partial charge in [0, 0.05) is 62.3 Å². The molecule has 0 aromatic rings. The monoisotopic (exact) mass is 376 g/mol. The van der Waals surface area contributed by atoms with Crippen LogP contribution in [-0.4, -0.2) is 97.4 Å². The zero-order chi connectivity index (χ0) is 19.4. The lowest BCUT2D eigenvalue weighted by Crippen LogP contribution is -2.42. The predicted molar refractivity (Wildman–Crippen MR) is 96.7 cm³/mol. The molecular formula is C16H32N4O6. The summed E-state index contributed by atoms with van der Waals surface area (Å²) in [6, 6.07) is -0.846. The maximum absolute atomic E-state index is 10.6. The van der Waals surface area contributed by atoms with Gasteiger partial charge in [-0.25, -0.2) is 0 Å². The van der Waals surface area contributed by atoms with Crippen LogP contribution in [0.15, 0.2) is 0 Å². The van der Waals surface area contributed by atoms with Gasteiger partial charge in [-0.15, -0.1) is 0 Å². The number of hydrogen-bond acceptors (Lipinski definition) is 8. The minimum Gasteiger partial charge on any atom is -0.379 e. The molecule has 0 spiro atoms. The highest BCUT2D eigenvalue weighted by molar-refractivity contribution is 4.66. The molecule has 10 nitrogen and oxygen atoms in total. The zero-order valence-corrected chi connectivity index (χ0v) is 15.9. The van der Waals surface area contributed by atoms with E-state index in [9.17, 15) is 20.2 Å². The molecule has 2 aliphatic heterocycles. The summed E-state index contributed by atoms with van der Waals surface area (Å²) in [5.74, 6) is 0. The van der Waals surface area contributed by atoms with Gasteiger partial charge in [0.25, 0.3) is 0 Å². The van der Waals surface area contributed by atoms with E-state index in [-0.39, 0.29) is 9.85 Å². The lowest BCUT2D eigenvalue weighted by Gasteiger charge is -2.27. The standard InChI is InChI=1S/2C8H16N2O3/c1-8(10(11)12)2-3-9-4-6-13-7-5-9;1-2-8(10(11)12)7-9-3-5-13-6-4-9/h2*8H,2-7H2,1H3. The van der Waals surface area contributed by atoms with Gasteiger partial charge in [-0.1, -0.05) is 6.92 Å². The molecule has 2 unspecified atom stereocenters. The van der Waals surface area contributed by atoms with Crippen molar-refractivity contribution in [2.75, 3.05) is 65.7 Å². The summed E-state index contributed by atoms with van der Waals surface area (Å²) in [4.78, 5) is 24.8. The Labute approximate surface area is 154 Å². The van der Waals surface area contributed by atoms with Crippen molar-refractivity contribution in [3.63, 3.8) is 0 Å². The molecule has 0 amide bonds.